The Morgan fingerprint density at radius 1 is 1.07 bits per heavy atom. The molecule has 0 radical (unpaired) electrons. The van der Waals surface area contributed by atoms with Crippen LogP contribution in [0.5, 0.6) is 0 Å². The molecular weight excluding hydrogens is 365 g/mol. The van der Waals surface area contributed by atoms with Gasteiger partial charge in [0.1, 0.15) is 0 Å². The van der Waals surface area contributed by atoms with Gasteiger partial charge >= 0.3 is 12.1 Å². The number of nitrogens with zero attached hydrogens (tertiary/aromatic N) is 2. The van der Waals surface area contributed by atoms with E-state index in [1.807, 2.05) is 0 Å². The van der Waals surface area contributed by atoms with Crippen molar-refractivity contribution in [2.75, 3.05) is 0 Å². The number of rotatable bonds is 3. The SMILES string of the molecule is Cc1c(C(=O)NNC(=O)c2ccco2)cnn1-c1ccccc1C(F)(F)F. The van der Waals surface area contributed by atoms with Gasteiger partial charge in [0.05, 0.1) is 35.0 Å². The second-order valence-corrected chi connectivity index (χ2v) is 5.46. The summed E-state index contributed by atoms with van der Waals surface area (Å²) in [5.74, 6) is -1.43. The van der Waals surface area contributed by atoms with Crippen molar-refractivity contribution in [3.8, 4) is 5.69 Å². The van der Waals surface area contributed by atoms with Crippen LogP contribution in [0.15, 0.2) is 53.3 Å². The maximum Gasteiger partial charge on any atom is 0.418 e. The number of carbonyl (C=O) groups is 2. The topological polar surface area (TPSA) is 89.2 Å². The Kier molecular flexibility index (Phi) is 4.72. The highest BCUT2D eigenvalue weighted by Crippen LogP contribution is 2.34. The Hall–Kier alpha value is -3.56. The van der Waals surface area contributed by atoms with Crippen LogP contribution < -0.4 is 10.9 Å². The lowest BCUT2D eigenvalue weighted by Crippen LogP contribution is -2.41. The van der Waals surface area contributed by atoms with E-state index in [1.54, 1.807) is 0 Å². The van der Waals surface area contributed by atoms with E-state index in [0.717, 1.165) is 16.9 Å². The molecule has 0 aliphatic carbocycles. The van der Waals surface area contributed by atoms with E-state index in [2.05, 4.69) is 16.0 Å². The summed E-state index contributed by atoms with van der Waals surface area (Å²) < 4.78 is 45.5. The van der Waals surface area contributed by atoms with Gasteiger partial charge in [-0.15, -0.1) is 0 Å². The zero-order chi connectivity index (χ0) is 19.6. The van der Waals surface area contributed by atoms with Gasteiger partial charge in [0.25, 0.3) is 5.91 Å². The molecule has 0 bridgehead atoms. The molecule has 0 aliphatic rings. The predicted octanol–water partition coefficient (Wildman–Crippen LogP) is 2.87. The van der Waals surface area contributed by atoms with E-state index in [9.17, 15) is 22.8 Å². The third-order valence-electron chi connectivity index (χ3n) is 3.73. The minimum absolute atomic E-state index is 0.00622. The van der Waals surface area contributed by atoms with E-state index >= 15 is 0 Å². The first kappa shape index (κ1) is 18.2. The summed E-state index contributed by atoms with van der Waals surface area (Å²) in [6.45, 7) is 1.45. The summed E-state index contributed by atoms with van der Waals surface area (Å²) in [6, 6.07) is 7.79. The molecule has 1 aromatic carbocycles. The van der Waals surface area contributed by atoms with Gasteiger partial charge in [-0.05, 0) is 31.2 Å². The molecule has 0 unspecified atom stereocenters. The summed E-state index contributed by atoms with van der Waals surface area (Å²) >= 11 is 0. The van der Waals surface area contributed by atoms with Gasteiger partial charge in [0.2, 0.25) is 0 Å². The maximum absolute atomic E-state index is 13.2. The average molecular weight is 378 g/mol. The van der Waals surface area contributed by atoms with Crippen molar-refractivity contribution >= 4 is 11.8 Å². The van der Waals surface area contributed by atoms with Crippen LogP contribution >= 0.6 is 0 Å². The first-order valence-electron chi connectivity index (χ1n) is 7.64. The minimum atomic E-state index is -4.57. The standard InChI is InChI=1S/C17H13F3N4O3/c1-10-11(15(25)22-23-16(26)14-7-4-8-27-14)9-21-24(10)13-6-3-2-5-12(13)17(18,19)20/h2-9H,1H3,(H,22,25)(H,23,26). The monoisotopic (exact) mass is 378 g/mol. The molecule has 0 saturated heterocycles. The number of furan rings is 1. The zero-order valence-corrected chi connectivity index (χ0v) is 13.9. The van der Waals surface area contributed by atoms with Crippen LogP contribution in [0.1, 0.15) is 32.2 Å². The molecule has 10 heteroatoms. The van der Waals surface area contributed by atoms with E-state index in [4.69, 9.17) is 4.42 Å². The Bertz CT molecular complexity index is 978. The minimum Gasteiger partial charge on any atom is -0.459 e. The number of hydrogen-bond donors (Lipinski definition) is 2. The van der Waals surface area contributed by atoms with E-state index in [0.29, 0.717) is 0 Å². The highest BCUT2D eigenvalue weighted by atomic mass is 19.4. The van der Waals surface area contributed by atoms with Gasteiger partial charge in [0.15, 0.2) is 5.76 Å². The largest absolute Gasteiger partial charge is 0.459 e. The van der Waals surface area contributed by atoms with Gasteiger partial charge in [-0.3, -0.25) is 20.4 Å². The van der Waals surface area contributed by atoms with Crippen LogP contribution in [-0.2, 0) is 6.18 Å². The third kappa shape index (κ3) is 3.68. The molecule has 0 aliphatic heterocycles. The summed E-state index contributed by atoms with van der Waals surface area (Å²) in [4.78, 5) is 24.0. The number of hydrogen-bond acceptors (Lipinski definition) is 4. The molecule has 3 aromatic rings. The second kappa shape index (κ2) is 6.98. The first-order chi connectivity index (χ1) is 12.8. The highest BCUT2D eigenvalue weighted by molar-refractivity contribution is 5.98. The maximum atomic E-state index is 13.2. The molecule has 7 nitrogen and oxygen atoms in total. The number of hydrazine groups is 1. The molecule has 27 heavy (non-hydrogen) atoms. The lowest BCUT2D eigenvalue weighted by molar-refractivity contribution is -0.137. The van der Waals surface area contributed by atoms with Gasteiger partial charge in [-0.1, -0.05) is 12.1 Å². The number of aromatic nitrogens is 2. The molecule has 2 N–H and O–H groups in total. The average Bonchev–Trinajstić information content (AvgIpc) is 3.28. The van der Waals surface area contributed by atoms with Crippen molar-refractivity contribution in [3.05, 3.63) is 71.4 Å². The van der Waals surface area contributed by atoms with Crippen LogP contribution in [0, 0.1) is 6.92 Å². The number of para-hydroxylation sites is 1. The smallest absolute Gasteiger partial charge is 0.418 e. The molecule has 140 valence electrons. The van der Waals surface area contributed by atoms with Crippen LogP contribution in [0.4, 0.5) is 13.2 Å². The molecule has 0 atom stereocenters. The van der Waals surface area contributed by atoms with Crippen LogP contribution in [0.2, 0.25) is 0 Å². The van der Waals surface area contributed by atoms with Crippen LogP contribution in [0.3, 0.4) is 0 Å². The Labute approximate surface area is 150 Å². The molecule has 3 rings (SSSR count). The number of benzene rings is 1. The Morgan fingerprint density at radius 2 is 1.78 bits per heavy atom. The summed E-state index contributed by atoms with van der Waals surface area (Å²) in [6.07, 6.45) is -2.16. The predicted molar refractivity (Wildman–Crippen MR) is 86.9 cm³/mol. The third-order valence-corrected chi connectivity index (χ3v) is 3.73. The summed E-state index contributed by atoms with van der Waals surface area (Å²) in [5.41, 5.74) is 3.41. The molecular formula is C17H13F3N4O3. The highest BCUT2D eigenvalue weighted by Gasteiger charge is 2.34. The van der Waals surface area contributed by atoms with E-state index in [1.165, 1.54) is 43.5 Å². The van der Waals surface area contributed by atoms with Crippen molar-refractivity contribution in [1.29, 1.82) is 0 Å². The van der Waals surface area contributed by atoms with Crippen molar-refractivity contribution in [1.82, 2.24) is 20.6 Å². The molecule has 0 fully saturated rings. The summed E-state index contributed by atoms with van der Waals surface area (Å²) in [7, 11) is 0. The van der Waals surface area contributed by atoms with Crippen molar-refractivity contribution in [2.24, 2.45) is 0 Å². The molecule has 2 heterocycles. The number of alkyl halides is 3. The number of amides is 2. The van der Waals surface area contributed by atoms with Crippen molar-refractivity contribution in [3.63, 3.8) is 0 Å². The van der Waals surface area contributed by atoms with Crippen molar-refractivity contribution < 1.29 is 27.2 Å². The van der Waals surface area contributed by atoms with Crippen LogP contribution in [-0.4, -0.2) is 21.6 Å². The normalized spacial score (nSPS) is 11.3. The fourth-order valence-corrected chi connectivity index (χ4v) is 2.42. The molecule has 2 aromatic heterocycles. The zero-order valence-electron chi connectivity index (χ0n) is 13.9. The molecule has 0 saturated carbocycles. The number of carbonyl (C=O) groups excluding carboxylic acids is 2. The fraction of sp³-hybridized carbons (Fsp3) is 0.118. The number of halogens is 3. The van der Waals surface area contributed by atoms with Gasteiger partial charge in [-0.25, -0.2) is 4.68 Å². The van der Waals surface area contributed by atoms with E-state index < -0.39 is 23.6 Å². The van der Waals surface area contributed by atoms with Gasteiger partial charge in [0, 0.05) is 0 Å². The van der Waals surface area contributed by atoms with Gasteiger partial charge < -0.3 is 4.42 Å². The molecule has 2 amide bonds. The van der Waals surface area contributed by atoms with Crippen LogP contribution in [0.25, 0.3) is 5.69 Å². The van der Waals surface area contributed by atoms with Gasteiger partial charge in [-0.2, -0.15) is 18.3 Å². The Morgan fingerprint density at radius 3 is 2.44 bits per heavy atom. The summed E-state index contributed by atoms with van der Waals surface area (Å²) in [5, 5.41) is 3.88. The quantitative estimate of drug-likeness (QED) is 0.686. The van der Waals surface area contributed by atoms with Crippen molar-refractivity contribution in [2.45, 2.75) is 13.1 Å². The van der Waals surface area contributed by atoms with E-state index in [-0.39, 0.29) is 22.7 Å². The lowest BCUT2D eigenvalue weighted by atomic mass is 10.1. The Balaban J connectivity index is 1.82. The lowest BCUT2D eigenvalue weighted by Gasteiger charge is -2.14. The molecule has 0 spiro atoms. The first-order valence-corrected chi connectivity index (χ1v) is 7.64. The fourth-order valence-electron chi connectivity index (χ4n) is 2.42. The second-order valence-electron chi connectivity index (χ2n) is 5.46. The number of nitrogens with one attached hydrogen (secondary N) is 2.